The van der Waals surface area contributed by atoms with Gasteiger partial charge in [0.1, 0.15) is 5.75 Å². The van der Waals surface area contributed by atoms with Crippen LogP contribution in [0.15, 0.2) is 42.5 Å². The van der Waals surface area contributed by atoms with Crippen LogP contribution >= 0.6 is 23.2 Å². The Morgan fingerprint density at radius 2 is 1.73 bits per heavy atom. The van der Waals surface area contributed by atoms with Crippen molar-refractivity contribution >= 4 is 35.0 Å². The van der Waals surface area contributed by atoms with Gasteiger partial charge in [0.05, 0.1) is 6.54 Å². The van der Waals surface area contributed by atoms with Gasteiger partial charge in [-0.2, -0.15) is 8.78 Å². The molecule has 0 aliphatic heterocycles. The Kier molecular flexibility index (Phi) is 7.17. The molecule has 2 aromatic carbocycles. The third kappa shape index (κ3) is 6.16. The first kappa shape index (κ1) is 19.9. The fourth-order valence-electron chi connectivity index (χ4n) is 1.97. The van der Waals surface area contributed by atoms with Gasteiger partial charge in [0, 0.05) is 22.2 Å². The molecule has 2 aromatic rings. The van der Waals surface area contributed by atoms with Gasteiger partial charge in [-0.05, 0) is 42.0 Å². The summed E-state index contributed by atoms with van der Waals surface area (Å²) in [4.78, 5) is 23.7. The standard InChI is InChI=1S/C17H14Cl2F2N2O3/c18-12-4-1-11(14(19)7-12)8-22-15(24)9-23-16(25)10-2-5-13(6-3-10)26-17(20)21/h1-7,17H,8-9H2,(H,22,24)(H,23,25). The maximum Gasteiger partial charge on any atom is 0.387 e. The van der Waals surface area contributed by atoms with E-state index in [2.05, 4.69) is 15.4 Å². The van der Waals surface area contributed by atoms with Crippen LogP contribution in [0.25, 0.3) is 0 Å². The fourth-order valence-corrected chi connectivity index (χ4v) is 2.45. The second-order valence-corrected chi connectivity index (χ2v) is 5.94. The lowest BCUT2D eigenvalue weighted by molar-refractivity contribution is -0.120. The molecule has 0 atom stereocenters. The van der Waals surface area contributed by atoms with Crippen molar-refractivity contribution in [3.05, 3.63) is 63.6 Å². The molecule has 2 N–H and O–H groups in total. The van der Waals surface area contributed by atoms with E-state index in [9.17, 15) is 18.4 Å². The summed E-state index contributed by atoms with van der Waals surface area (Å²) in [5.41, 5.74) is 0.894. The molecule has 0 radical (unpaired) electrons. The maximum absolute atomic E-state index is 12.1. The van der Waals surface area contributed by atoms with Crippen LogP contribution < -0.4 is 15.4 Å². The van der Waals surface area contributed by atoms with E-state index in [0.29, 0.717) is 15.6 Å². The number of rotatable bonds is 7. The van der Waals surface area contributed by atoms with Crippen LogP contribution in [0, 0.1) is 0 Å². The molecule has 0 aliphatic rings. The first-order valence-corrected chi connectivity index (χ1v) is 8.14. The van der Waals surface area contributed by atoms with Crippen molar-refractivity contribution in [2.75, 3.05) is 6.54 Å². The number of carbonyl (C=O) groups excluding carboxylic acids is 2. The Hall–Kier alpha value is -2.38. The topological polar surface area (TPSA) is 67.4 Å². The first-order chi connectivity index (χ1) is 12.3. The zero-order valence-corrected chi connectivity index (χ0v) is 14.8. The highest BCUT2D eigenvalue weighted by molar-refractivity contribution is 6.35. The van der Waals surface area contributed by atoms with Crippen LogP contribution in [0.3, 0.4) is 0 Å². The van der Waals surface area contributed by atoms with Gasteiger partial charge in [0.25, 0.3) is 5.91 Å². The second-order valence-electron chi connectivity index (χ2n) is 5.10. The Morgan fingerprint density at radius 1 is 1.04 bits per heavy atom. The molecule has 0 heterocycles. The number of ether oxygens (including phenoxy) is 1. The van der Waals surface area contributed by atoms with Crippen LogP contribution in [-0.2, 0) is 11.3 Å². The van der Waals surface area contributed by atoms with Gasteiger partial charge in [-0.15, -0.1) is 0 Å². The Morgan fingerprint density at radius 3 is 2.35 bits per heavy atom. The molecule has 0 saturated carbocycles. The van der Waals surface area contributed by atoms with Gasteiger partial charge in [-0.3, -0.25) is 9.59 Å². The smallest absolute Gasteiger partial charge is 0.387 e. The van der Waals surface area contributed by atoms with Crippen molar-refractivity contribution in [2.45, 2.75) is 13.2 Å². The van der Waals surface area contributed by atoms with E-state index < -0.39 is 18.4 Å². The molecule has 0 aliphatic carbocycles. The molecule has 0 bridgehead atoms. The van der Waals surface area contributed by atoms with Gasteiger partial charge in [0.2, 0.25) is 5.91 Å². The van der Waals surface area contributed by atoms with Crippen molar-refractivity contribution in [1.82, 2.24) is 10.6 Å². The summed E-state index contributed by atoms with van der Waals surface area (Å²) < 4.78 is 28.3. The summed E-state index contributed by atoms with van der Waals surface area (Å²) in [7, 11) is 0. The average molecular weight is 403 g/mol. The Labute approximate surface area is 158 Å². The lowest BCUT2D eigenvalue weighted by Gasteiger charge is -2.09. The molecule has 0 aromatic heterocycles. The first-order valence-electron chi connectivity index (χ1n) is 7.39. The quantitative estimate of drug-likeness (QED) is 0.742. The van der Waals surface area contributed by atoms with Crippen LogP contribution in [-0.4, -0.2) is 25.0 Å². The molecular weight excluding hydrogens is 389 g/mol. The van der Waals surface area contributed by atoms with E-state index in [1.54, 1.807) is 18.2 Å². The number of nitrogens with one attached hydrogen (secondary N) is 2. The summed E-state index contributed by atoms with van der Waals surface area (Å²) in [5, 5.41) is 5.95. The zero-order valence-electron chi connectivity index (χ0n) is 13.3. The normalized spacial score (nSPS) is 10.5. The zero-order chi connectivity index (χ0) is 19.1. The molecule has 138 valence electrons. The average Bonchev–Trinajstić information content (AvgIpc) is 2.59. The van der Waals surface area contributed by atoms with Gasteiger partial charge in [0.15, 0.2) is 0 Å². The number of hydrogen-bond donors (Lipinski definition) is 2. The SMILES string of the molecule is O=C(CNC(=O)c1ccc(OC(F)F)cc1)NCc1ccc(Cl)cc1Cl. The Balaban J connectivity index is 1.80. The molecule has 0 saturated heterocycles. The molecule has 0 spiro atoms. The molecule has 2 amide bonds. The van der Waals surface area contributed by atoms with Crippen molar-refractivity contribution in [3.63, 3.8) is 0 Å². The second kappa shape index (κ2) is 9.35. The van der Waals surface area contributed by atoms with Gasteiger partial charge in [-0.25, -0.2) is 0 Å². The maximum atomic E-state index is 12.1. The predicted molar refractivity (Wildman–Crippen MR) is 93.7 cm³/mol. The minimum Gasteiger partial charge on any atom is -0.435 e. The van der Waals surface area contributed by atoms with Crippen LogP contribution in [0.4, 0.5) is 8.78 Å². The number of hydrogen-bond acceptors (Lipinski definition) is 3. The molecule has 9 heteroatoms. The van der Waals surface area contributed by atoms with E-state index in [0.717, 1.165) is 0 Å². The van der Waals surface area contributed by atoms with Gasteiger partial charge >= 0.3 is 6.61 Å². The summed E-state index contributed by atoms with van der Waals surface area (Å²) in [6, 6.07) is 10.0. The molecule has 0 fully saturated rings. The molecule has 2 rings (SSSR count). The number of benzene rings is 2. The van der Waals surface area contributed by atoms with Crippen LogP contribution in [0.2, 0.25) is 10.0 Å². The number of carbonyl (C=O) groups is 2. The van der Waals surface area contributed by atoms with Crippen LogP contribution in [0.5, 0.6) is 5.75 Å². The van der Waals surface area contributed by atoms with E-state index in [1.807, 2.05) is 0 Å². The molecule has 26 heavy (non-hydrogen) atoms. The van der Waals surface area contributed by atoms with Gasteiger partial charge < -0.3 is 15.4 Å². The summed E-state index contributed by atoms with van der Waals surface area (Å²) in [5.74, 6) is -0.996. The van der Waals surface area contributed by atoms with Crippen molar-refractivity contribution in [2.24, 2.45) is 0 Å². The minimum atomic E-state index is -2.94. The number of amides is 2. The van der Waals surface area contributed by atoms with Crippen molar-refractivity contribution in [3.8, 4) is 5.75 Å². The van der Waals surface area contributed by atoms with E-state index in [4.69, 9.17) is 23.2 Å². The molecule has 0 unspecified atom stereocenters. The van der Waals surface area contributed by atoms with Gasteiger partial charge in [-0.1, -0.05) is 29.3 Å². The highest BCUT2D eigenvalue weighted by atomic mass is 35.5. The fraction of sp³-hybridized carbons (Fsp3) is 0.176. The van der Waals surface area contributed by atoms with Crippen molar-refractivity contribution in [1.29, 1.82) is 0 Å². The summed E-state index contributed by atoms with van der Waals surface area (Å²) in [6.07, 6.45) is 0. The number of alkyl halides is 2. The van der Waals surface area contributed by atoms with Crippen LogP contribution in [0.1, 0.15) is 15.9 Å². The lowest BCUT2D eigenvalue weighted by Crippen LogP contribution is -2.36. The third-order valence-electron chi connectivity index (χ3n) is 3.24. The highest BCUT2D eigenvalue weighted by Crippen LogP contribution is 2.20. The largest absolute Gasteiger partial charge is 0.435 e. The highest BCUT2D eigenvalue weighted by Gasteiger charge is 2.10. The van der Waals surface area contributed by atoms with Crippen molar-refractivity contribution < 1.29 is 23.1 Å². The predicted octanol–water partition coefficient (Wildman–Crippen LogP) is 3.64. The van der Waals surface area contributed by atoms with E-state index in [1.165, 1.54) is 24.3 Å². The molecule has 5 nitrogen and oxygen atoms in total. The summed E-state index contributed by atoms with van der Waals surface area (Å²) >= 11 is 11.8. The lowest BCUT2D eigenvalue weighted by atomic mass is 10.2. The minimum absolute atomic E-state index is 0.0610. The van der Waals surface area contributed by atoms with E-state index >= 15 is 0 Å². The van der Waals surface area contributed by atoms with E-state index in [-0.39, 0.29) is 24.4 Å². The summed E-state index contributed by atoms with van der Waals surface area (Å²) in [6.45, 7) is -3.00. The monoisotopic (exact) mass is 402 g/mol. The third-order valence-corrected chi connectivity index (χ3v) is 3.83. The Bertz CT molecular complexity index is 786. The number of halogens is 4. The molecular formula is C17H14Cl2F2N2O3.